The van der Waals surface area contributed by atoms with Crippen molar-refractivity contribution in [3.05, 3.63) is 58.2 Å². The number of hydrogen-bond donors (Lipinski definition) is 6. The van der Waals surface area contributed by atoms with E-state index in [1.54, 1.807) is 39.8 Å². The summed E-state index contributed by atoms with van der Waals surface area (Å²) in [7, 11) is -3.73. The standard InChI is InChI=1S/C42H55F2N9O11S/c1-2-50(25-38(56)57)15-16-52(27-40(60)61)18-17-51(26-39(58)59)14-13-46-23-36(54)48-11-3-19-65(63,64)32-7-4-29(5-8-32)30-6-9-35-34(20-30)33(10-12-47-35)41(62)49-24-37(55)53-28-42(43,44)21-31(53)22-45/h4-5,7-10,12,20,30-31,46H,2-3,6,11,13-19,21,23-28H2,1H3,(H,48,54)(H,49,62)(H,56,57)(H,58,59)(H,60,61)/t30?,31-/m0/s1. The lowest BCUT2D eigenvalue weighted by molar-refractivity contribution is -0.140. The quantitative estimate of drug-likeness (QED) is 0.0549. The third-order valence-corrected chi connectivity index (χ3v) is 12.6. The zero-order valence-electron chi connectivity index (χ0n) is 36.0. The van der Waals surface area contributed by atoms with Crippen molar-refractivity contribution < 1.29 is 61.3 Å². The van der Waals surface area contributed by atoms with Crippen LogP contribution in [0.3, 0.4) is 0 Å². The van der Waals surface area contributed by atoms with Gasteiger partial charge in [0, 0.05) is 75.1 Å². The molecule has 1 aromatic heterocycles. The van der Waals surface area contributed by atoms with Crippen LogP contribution in [0.2, 0.25) is 0 Å². The number of carbonyl (C=O) groups excluding carboxylic acids is 3. The van der Waals surface area contributed by atoms with E-state index in [0.29, 0.717) is 30.1 Å². The number of carboxylic acid groups (broad SMARTS) is 3. The first kappa shape index (κ1) is 51.7. The molecule has 2 aliphatic rings. The molecule has 2 heterocycles. The topological polar surface area (TPSA) is 283 Å². The molecule has 354 valence electrons. The summed E-state index contributed by atoms with van der Waals surface area (Å²) in [6.07, 6.45) is 4.91. The van der Waals surface area contributed by atoms with E-state index in [4.69, 9.17) is 5.11 Å². The number of rotatable bonds is 27. The Bertz CT molecular complexity index is 2310. The van der Waals surface area contributed by atoms with Crippen LogP contribution in [-0.2, 0) is 33.8 Å². The predicted octanol–water partition coefficient (Wildman–Crippen LogP) is -1.63. The molecule has 1 aliphatic carbocycles. The largest absolute Gasteiger partial charge is 0.480 e. The molecule has 4 rings (SSSR count). The summed E-state index contributed by atoms with van der Waals surface area (Å²) >= 11 is 0. The van der Waals surface area contributed by atoms with Crippen molar-refractivity contribution in [2.45, 2.75) is 49.0 Å². The molecule has 0 radical (unpaired) electrons. The Morgan fingerprint density at radius 1 is 0.877 bits per heavy atom. The fraction of sp³-hybridized carbons (Fsp3) is 0.524. The van der Waals surface area contributed by atoms with Crippen LogP contribution >= 0.6 is 0 Å². The summed E-state index contributed by atoms with van der Waals surface area (Å²) in [5, 5.41) is 46.0. The first-order valence-electron chi connectivity index (χ1n) is 21.0. The number of halogens is 2. The van der Waals surface area contributed by atoms with Gasteiger partial charge in [-0.3, -0.25) is 48.5 Å². The van der Waals surface area contributed by atoms with Gasteiger partial charge in [-0.15, -0.1) is 0 Å². The van der Waals surface area contributed by atoms with E-state index >= 15 is 0 Å². The smallest absolute Gasteiger partial charge is 0.317 e. The van der Waals surface area contributed by atoms with E-state index in [1.165, 1.54) is 24.4 Å². The third-order valence-electron chi connectivity index (χ3n) is 10.8. The van der Waals surface area contributed by atoms with Gasteiger partial charge in [0.05, 0.1) is 61.3 Å². The molecule has 0 spiro atoms. The van der Waals surface area contributed by atoms with Crippen molar-refractivity contribution in [3.63, 3.8) is 0 Å². The van der Waals surface area contributed by atoms with Crippen LogP contribution in [0.25, 0.3) is 12.2 Å². The zero-order chi connectivity index (χ0) is 47.7. The van der Waals surface area contributed by atoms with Gasteiger partial charge in [0.15, 0.2) is 9.84 Å². The normalized spacial score (nSPS) is 16.6. The molecule has 1 unspecified atom stereocenters. The number of sulfone groups is 1. The molecule has 65 heavy (non-hydrogen) atoms. The van der Waals surface area contributed by atoms with E-state index in [0.717, 1.165) is 10.5 Å². The lowest BCUT2D eigenvalue weighted by Crippen LogP contribution is -2.45. The molecule has 1 aliphatic heterocycles. The van der Waals surface area contributed by atoms with Crippen molar-refractivity contribution in [1.29, 1.82) is 5.26 Å². The highest BCUT2D eigenvalue weighted by Gasteiger charge is 2.47. The Morgan fingerprint density at radius 2 is 1.49 bits per heavy atom. The number of amides is 3. The number of aromatic nitrogens is 1. The number of carboxylic acids is 3. The molecular weight excluding hydrogens is 877 g/mol. The lowest BCUT2D eigenvalue weighted by Gasteiger charge is -2.28. The molecule has 1 aromatic carbocycles. The van der Waals surface area contributed by atoms with Gasteiger partial charge in [0.25, 0.3) is 11.8 Å². The average Bonchev–Trinajstić information content (AvgIpc) is 3.59. The maximum absolute atomic E-state index is 13.8. The molecular formula is C42H55F2N9O11S. The van der Waals surface area contributed by atoms with Gasteiger partial charge < -0.3 is 36.2 Å². The van der Waals surface area contributed by atoms with Crippen LogP contribution in [0.5, 0.6) is 0 Å². The van der Waals surface area contributed by atoms with E-state index in [2.05, 4.69) is 20.9 Å². The summed E-state index contributed by atoms with van der Waals surface area (Å²) < 4.78 is 54.0. The minimum absolute atomic E-state index is 0.0727. The van der Waals surface area contributed by atoms with Gasteiger partial charge in [-0.25, -0.2) is 17.2 Å². The first-order chi connectivity index (χ1) is 30.8. The van der Waals surface area contributed by atoms with Crippen molar-refractivity contribution >= 4 is 57.6 Å². The van der Waals surface area contributed by atoms with Crippen molar-refractivity contribution in [1.82, 2.24) is 40.5 Å². The minimum atomic E-state index is -3.73. The number of benzene rings is 1. The average molecular weight is 932 g/mol. The molecule has 1 saturated heterocycles. The second-order valence-corrected chi connectivity index (χ2v) is 17.8. The van der Waals surface area contributed by atoms with Crippen molar-refractivity contribution in [3.8, 4) is 6.07 Å². The Morgan fingerprint density at radius 3 is 2.11 bits per heavy atom. The van der Waals surface area contributed by atoms with Crippen LogP contribution in [0.4, 0.5) is 8.78 Å². The second kappa shape index (κ2) is 24.4. The van der Waals surface area contributed by atoms with E-state index in [1.807, 2.05) is 12.2 Å². The van der Waals surface area contributed by atoms with Gasteiger partial charge in [-0.05, 0) is 43.1 Å². The molecule has 20 nitrogen and oxygen atoms in total. The number of likely N-dealkylation sites (tertiary alicyclic amines) is 1. The number of nitriles is 1. The summed E-state index contributed by atoms with van der Waals surface area (Å²) in [4.78, 5) is 82.3. The molecule has 0 bridgehead atoms. The molecule has 6 N–H and O–H groups in total. The number of carbonyl (C=O) groups is 6. The number of alkyl halides is 2. The lowest BCUT2D eigenvalue weighted by atomic mass is 9.90. The minimum Gasteiger partial charge on any atom is -0.480 e. The van der Waals surface area contributed by atoms with Gasteiger partial charge in [-0.2, -0.15) is 5.26 Å². The number of hydrogen-bond acceptors (Lipinski definition) is 14. The number of fused-ring (bicyclic) bond motifs is 1. The zero-order valence-corrected chi connectivity index (χ0v) is 36.8. The van der Waals surface area contributed by atoms with E-state index in [9.17, 15) is 61.4 Å². The van der Waals surface area contributed by atoms with Crippen molar-refractivity contribution in [2.24, 2.45) is 0 Å². The Kier molecular flexibility index (Phi) is 19.4. The fourth-order valence-corrected chi connectivity index (χ4v) is 8.68. The number of nitrogens with zero attached hydrogens (tertiary/aromatic N) is 6. The number of nitrogens with one attached hydrogen (secondary N) is 3. The SMILES string of the molecule is CCN(CCN(CCN(CCNCC(=O)NCCCS(=O)(=O)c1ccc(C2C=c3c(C(=O)NCC(=O)N4CC(F)(F)C[C@H]4C#N)ccnc3=CC2)cc1)CC(=O)O)CC(=O)O)CC(=O)O. The number of pyridine rings is 1. The first-order valence-corrected chi connectivity index (χ1v) is 22.6. The second-order valence-electron chi connectivity index (χ2n) is 15.7. The van der Waals surface area contributed by atoms with E-state index < -0.39 is 76.9 Å². The van der Waals surface area contributed by atoms with Crippen LogP contribution in [0, 0.1) is 11.3 Å². The molecule has 23 heteroatoms. The number of likely N-dealkylation sites (N-methyl/N-ethyl adjacent to an activating group) is 1. The van der Waals surface area contributed by atoms with Crippen LogP contribution < -0.4 is 26.5 Å². The van der Waals surface area contributed by atoms with Gasteiger partial charge in [-0.1, -0.05) is 31.2 Å². The Hall–Kier alpha value is -5.93. The molecule has 2 aromatic rings. The monoisotopic (exact) mass is 931 g/mol. The molecule has 1 fully saturated rings. The third kappa shape index (κ3) is 16.5. The molecule has 0 saturated carbocycles. The highest BCUT2D eigenvalue weighted by atomic mass is 32.2. The number of aliphatic carboxylic acids is 3. The van der Waals surface area contributed by atoms with Crippen LogP contribution in [0.1, 0.15) is 48.0 Å². The maximum atomic E-state index is 13.8. The van der Waals surface area contributed by atoms with E-state index in [-0.39, 0.29) is 94.0 Å². The van der Waals surface area contributed by atoms with Gasteiger partial charge >= 0.3 is 17.9 Å². The highest BCUT2D eigenvalue weighted by Crippen LogP contribution is 2.31. The van der Waals surface area contributed by atoms with Crippen LogP contribution in [-0.4, -0.2) is 193 Å². The summed E-state index contributed by atoms with van der Waals surface area (Å²) in [6.45, 7) is 1.31. The molecule has 3 amide bonds. The maximum Gasteiger partial charge on any atom is 0.317 e. The summed E-state index contributed by atoms with van der Waals surface area (Å²) in [5.41, 5.74) is 0.951. The van der Waals surface area contributed by atoms with Gasteiger partial charge in [0.1, 0.15) is 6.04 Å². The predicted molar refractivity (Wildman–Crippen MR) is 230 cm³/mol. The van der Waals surface area contributed by atoms with Crippen molar-refractivity contribution in [2.75, 3.05) is 97.4 Å². The Balaban J connectivity index is 1.21. The Labute approximate surface area is 374 Å². The summed E-state index contributed by atoms with van der Waals surface area (Å²) in [5.74, 6) is -8.73. The molecule has 2 atom stereocenters. The van der Waals surface area contributed by atoms with Crippen LogP contribution in [0.15, 0.2) is 41.4 Å². The van der Waals surface area contributed by atoms with Gasteiger partial charge in [0.2, 0.25) is 11.8 Å². The summed E-state index contributed by atoms with van der Waals surface area (Å²) in [6, 6.07) is 8.17. The fourth-order valence-electron chi connectivity index (χ4n) is 7.37. The highest BCUT2D eigenvalue weighted by molar-refractivity contribution is 7.91.